The molecular weight excluding hydrogens is 470 g/mol. The molecule has 1 aromatic carbocycles. The van der Waals surface area contributed by atoms with Gasteiger partial charge in [-0.15, -0.1) is 11.3 Å². The van der Waals surface area contributed by atoms with Gasteiger partial charge in [-0.05, 0) is 35.7 Å². The molecule has 1 aliphatic rings. The number of sulfonamides is 1. The van der Waals surface area contributed by atoms with E-state index in [1.807, 2.05) is 17.5 Å². The Balaban J connectivity index is 1.69. The van der Waals surface area contributed by atoms with Crippen molar-refractivity contribution in [2.45, 2.75) is 18.7 Å². The highest BCUT2D eigenvalue weighted by Gasteiger charge is 2.28. The first kappa shape index (κ1) is 24.4. The molecule has 0 bridgehead atoms. The molecule has 2 heterocycles. The molecule has 1 aromatic heterocycles. The summed E-state index contributed by atoms with van der Waals surface area (Å²) < 4.78 is 27.0. The van der Waals surface area contributed by atoms with Crippen LogP contribution < -0.4 is 0 Å². The number of hydrogen-bond donors (Lipinski definition) is 0. The minimum absolute atomic E-state index is 0.0430. The number of hydrogen-bond acceptors (Lipinski definition) is 5. The van der Waals surface area contributed by atoms with Crippen LogP contribution in [0.1, 0.15) is 29.1 Å². The first-order valence-electron chi connectivity index (χ1n) is 10.4. The molecule has 1 aliphatic heterocycles. The zero-order valence-electron chi connectivity index (χ0n) is 18.0. The smallest absolute Gasteiger partial charge is 0.255 e. The lowest BCUT2D eigenvalue weighted by atomic mass is 10.1. The summed E-state index contributed by atoms with van der Waals surface area (Å²) in [6.07, 6.45) is 3.33. The average molecular weight is 496 g/mol. The van der Waals surface area contributed by atoms with Gasteiger partial charge in [0.15, 0.2) is 0 Å². The van der Waals surface area contributed by atoms with Gasteiger partial charge in [0.1, 0.15) is 0 Å². The van der Waals surface area contributed by atoms with E-state index in [9.17, 15) is 18.0 Å². The zero-order valence-corrected chi connectivity index (χ0v) is 20.4. The predicted octanol–water partition coefficient (Wildman–Crippen LogP) is 3.43. The fourth-order valence-corrected chi connectivity index (χ4v) is 5.79. The molecule has 0 saturated carbocycles. The summed E-state index contributed by atoms with van der Waals surface area (Å²) in [4.78, 5) is 29.8. The number of halogens is 1. The molecule has 0 N–H and O–H groups in total. The van der Waals surface area contributed by atoms with Crippen molar-refractivity contribution in [3.63, 3.8) is 0 Å². The first-order chi connectivity index (χ1) is 15.3. The van der Waals surface area contributed by atoms with Crippen LogP contribution in [0.15, 0.2) is 46.7 Å². The van der Waals surface area contributed by atoms with Crippen molar-refractivity contribution in [1.82, 2.24) is 14.1 Å². The Morgan fingerprint density at radius 3 is 2.34 bits per heavy atom. The molecule has 10 heteroatoms. The summed E-state index contributed by atoms with van der Waals surface area (Å²) in [5, 5.41) is 2.15. The molecule has 7 nitrogen and oxygen atoms in total. The van der Waals surface area contributed by atoms with Crippen LogP contribution in [-0.4, -0.2) is 73.6 Å². The van der Waals surface area contributed by atoms with E-state index in [1.165, 1.54) is 22.5 Å². The lowest BCUT2D eigenvalue weighted by molar-refractivity contribution is -0.127. The number of benzene rings is 1. The largest absolute Gasteiger partial charge is 0.336 e. The van der Waals surface area contributed by atoms with Crippen molar-refractivity contribution in [2.24, 2.45) is 0 Å². The molecule has 0 aliphatic carbocycles. The summed E-state index contributed by atoms with van der Waals surface area (Å²) in [5.74, 6) is -0.441. The monoisotopic (exact) mass is 495 g/mol. The van der Waals surface area contributed by atoms with Gasteiger partial charge in [0.05, 0.1) is 15.5 Å². The second-order valence-corrected chi connectivity index (χ2v) is 10.5. The molecular formula is C22H26ClN3O4S2. The number of carbonyl (C=O) groups excluding carboxylic acids is 2. The predicted molar refractivity (Wildman–Crippen MR) is 127 cm³/mol. The topological polar surface area (TPSA) is 78.0 Å². The third-order valence-corrected chi connectivity index (χ3v) is 8.54. The molecule has 3 rings (SSSR count). The molecule has 0 unspecified atom stereocenters. The van der Waals surface area contributed by atoms with Gasteiger partial charge in [0.2, 0.25) is 15.9 Å². The van der Waals surface area contributed by atoms with E-state index in [-0.39, 0.29) is 27.3 Å². The summed E-state index contributed by atoms with van der Waals surface area (Å²) in [6, 6.07) is 8.07. The molecule has 172 valence electrons. The van der Waals surface area contributed by atoms with E-state index in [0.717, 1.165) is 4.88 Å². The summed E-state index contributed by atoms with van der Waals surface area (Å²) >= 11 is 7.80. The molecule has 0 radical (unpaired) electrons. The highest BCUT2D eigenvalue weighted by atomic mass is 35.5. The van der Waals surface area contributed by atoms with Gasteiger partial charge in [-0.3, -0.25) is 9.59 Å². The Bertz CT molecular complexity index is 1090. The summed E-state index contributed by atoms with van der Waals surface area (Å²) in [7, 11) is -3.71. The number of nitrogens with zero attached hydrogens (tertiary/aromatic N) is 3. The number of rotatable bonds is 7. The third kappa shape index (κ3) is 5.40. The third-order valence-electron chi connectivity index (χ3n) is 5.32. The van der Waals surface area contributed by atoms with Gasteiger partial charge < -0.3 is 9.80 Å². The quantitative estimate of drug-likeness (QED) is 0.551. The van der Waals surface area contributed by atoms with E-state index in [1.54, 1.807) is 47.1 Å². The fraction of sp³-hybridized carbons (Fsp3) is 0.364. The van der Waals surface area contributed by atoms with Crippen LogP contribution in [-0.2, 0) is 14.8 Å². The van der Waals surface area contributed by atoms with Crippen LogP contribution in [0.4, 0.5) is 0 Å². The van der Waals surface area contributed by atoms with Crippen molar-refractivity contribution in [2.75, 3.05) is 39.3 Å². The molecule has 2 amide bonds. The minimum Gasteiger partial charge on any atom is -0.336 e. The Morgan fingerprint density at radius 1 is 1.09 bits per heavy atom. The Morgan fingerprint density at radius 2 is 1.75 bits per heavy atom. The van der Waals surface area contributed by atoms with Crippen LogP contribution in [0.5, 0.6) is 0 Å². The van der Waals surface area contributed by atoms with E-state index in [4.69, 9.17) is 11.6 Å². The van der Waals surface area contributed by atoms with E-state index < -0.39 is 10.0 Å². The van der Waals surface area contributed by atoms with Gasteiger partial charge in [-0.1, -0.05) is 31.5 Å². The SMILES string of the molecule is CCN(CC)S(=O)(=O)c1ccc(Cl)c(C(=O)N2CCN(C(=O)C=Cc3cccs3)CC2)c1. The van der Waals surface area contributed by atoms with E-state index in [2.05, 4.69) is 0 Å². The summed E-state index contributed by atoms with van der Waals surface area (Å²) in [6.45, 7) is 5.69. The minimum atomic E-state index is -3.71. The van der Waals surface area contributed by atoms with Crippen molar-refractivity contribution in [1.29, 1.82) is 0 Å². The van der Waals surface area contributed by atoms with Crippen LogP contribution in [0.3, 0.4) is 0 Å². The van der Waals surface area contributed by atoms with Gasteiger partial charge in [-0.2, -0.15) is 4.31 Å². The Hall–Kier alpha value is -2.20. The maximum Gasteiger partial charge on any atom is 0.255 e. The first-order valence-corrected chi connectivity index (χ1v) is 13.1. The number of carbonyl (C=O) groups is 2. The molecule has 0 atom stereocenters. The van der Waals surface area contributed by atoms with Crippen molar-refractivity contribution in [3.8, 4) is 0 Å². The molecule has 2 aromatic rings. The lowest BCUT2D eigenvalue weighted by Gasteiger charge is -2.34. The second-order valence-electron chi connectivity index (χ2n) is 7.20. The number of piperazine rings is 1. The average Bonchev–Trinajstić information content (AvgIpc) is 3.31. The highest BCUT2D eigenvalue weighted by molar-refractivity contribution is 7.89. The van der Waals surface area contributed by atoms with Crippen LogP contribution in [0, 0.1) is 0 Å². The maximum absolute atomic E-state index is 13.1. The Labute approximate surface area is 197 Å². The Kier molecular flexibility index (Phi) is 8.10. The van der Waals surface area contributed by atoms with Crippen LogP contribution in [0.25, 0.3) is 6.08 Å². The molecule has 1 fully saturated rings. The van der Waals surface area contributed by atoms with Crippen LogP contribution in [0.2, 0.25) is 5.02 Å². The van der Waals surface area contributed by atoms with Gasteiger partial charge in [0, 0.05) is 50.2 Å². The lowest BCUT2D eigenvalue weighted by Crippen LogP contribution is -2.50. The maximum atomic E-state index is 13.1. The molecule has 1 saturated heterocycles. The van der Waals surface area contributed by atoms with Crippen molar-refractivity contribution in [3.05, 3.63) is 57.3 Å². The van der Waals surface area contributed by atoms with Crippen LogP contribution >= 0.6 is 22.9 Å². The number of thiophene rings is 1. The molecule has 32 heavy (non-hydrogen) atoms. The fourth-order valence-electron chi connectivity index (χ4n) is 3.49. The van der Waals surface area contributed by atoms with Gasteiger partial charge in [-0.25, -0.2) is 8.42 Å². The van der Waals surface area contributed by atoms with Gasteiger partial charge in [0.25, 0.3) is 5.91 Å². The highest BCUT2D eigenvalue weighted by Crippen LogP contribution is 2.25. The standard InChI is InChI=1S/C22H26ClN3O4S2/c1-3-26(4-2)32(29,30)18-8-9-20(23)19(16-18)22(28)25-13-11-24(12-14-25)21(27)10-7-17-6-5-15-31-17/h5-10,15-16H,3-4,11-14H2,1-2H3. The van der Waals surface area contributed by atoms with E-state index in [0.29, 0.717) is 39.3 Å². The normalized spacial score (nSPS) is 15.0. The van der Waals surface area contributed by atoms with Gasteiger partial charge >= 0.3 is 0 Å². The second kappa shape index (κ2) is 10.6. The van der Waals surface area contributed by atoms with Crippen molar-refractivity contribution >= 4 is 50.9 Å². The zero-order chi connectivity index (χ0) is 23.3. The van der Waals surface area contributed by atoms with E-state index >= 15 is 0 Å². The molecule has 0 spiro atoms. The summed E-state index contributed by atoms with van der Waals surface area (Å²) in [5.41, 5.74) is 0.150. The van der Waals surface area contributed by atoms with Crippen molar-refractivity contribution < 1.29 is 18.0 Å². The number of amides is 2.